The van der Waals surface area contributed by atoms with Gasteiger partial charge in [0.25, 0.3) is 0 Å². The van der Waals surface area contributed by atoms with Gasteiger partial charge in [0, 0.05) is 12.1 Å². The lowest BCUT2D eigenvalue weighted by atomic mass is 9.88. The smallest absolute Gasteiger partial charge is 0.339 e. The summed E-state index contributed by atoms with van der Waals surface area (Å²) in [7, 11) is 0. The molecule has 1 heterocycles. The van der Waals surface area contributed by atoms with E-state index in [-0.39, 0.29) is 5.56 Å². The number of fused-ring (bicyclic) bond motifs is 2. The molecule has 2 fully saturated rings. The van der Waals surface area contributed by atoms with Gasteiger partial charge in [-0.05, 0) is 38.0 Å². The normalized spacial score (nSPS) is 30.8. The maximum atomic E-state index is 10.9. The molecular formula is C13H16N2O2. The van der Waals surface area contributed by atoms with Crippen LogP contribution in [0.5, 0.6) is 0 Å². The maximum Gasteiger partial charge on any atom is 0.339 e. The van der Waals surface area contributed by atoms with E-state index in [0.717, 1.165) is 17.7 Å². The van der Waals surface area contributed by atoms with E-state index < -0.39 is 5.97 Å². The summed E-state index contributed by atoms with van der Waals surface area (Å²) in [6.45, 7) is 1.75. The highest BCUT2D eigenvalue weighted by atomic mass is 16.4. The largest absolute Gasteiger partial charge is 0.478 e. The second-order valence-electron chi connectivity index (χ2n) is 5.31. The van der Waals surface area contributed by atoms with Crippen molar-refractivity contribution in [2.75, 3.05) is 0 Å². The van der Waals surface area contributed by atoms with Gasteiger partial charge in [-0.3, -0.25) is 0 Å². The highest BCUT2D eigenvalue weighted by Crippen LogP contribution is 2.52. The van der Waals surface area contributed by atoms with Crippen molar-refractivity contribution >= 4 is 5.97 Å². The zero-order chi connectivity index (χ0) is 12.0. The van der Waals surface area contributed by atoms with E-state index >= 15 is 0 Å². The predicted octanol–water partition coefficient (Wildman–Crippen LogP) is 2.39. The SMILES string of the molecule is Cc1nc(C2CC3CCC2C3)ncc1C(=O)O. The molecule has 4 heteroatoms. The monoisotopic (exact) mass is 232 g/mol. The summed E-state index contributed by atoms with van der Waals surface area (Å²) in [5.74, 6) is 1.97. The van der Waals surface area contributed by atoms with Crippen molar-refractivity contribution in [3.8, 4) is 0 Å². The molecule has 0 spiro atoms. The number of hydrogen-bond acceptors (Lipinski definition) is 3. The molecule has 3 rings (SSSR count). The lowest BCUT2D eigenvalue weighted by Gasteiger charge is -2.20. The van der Waals surface area contributed by atoms with Crippen LogP contribution in [0.1, 0.15) is 53.5 Å². The average molecular weight is 232 g/mol. The standard InChI is InChI=1S/C13H16N2O2/c1-7-11(13(16)17)6-14-12(15-7)10-5-8-2-3-9(10)4-8/h6,8-10H,2-5H2,1H3,(H,16,17). The van der Waals surface area contributed by atoms with Crippen molar-refractivity contribution < 1.29 is 9.90 Å². The first kappa shape index (κ1) is 10.7. The van der Waals surface area contributed by atoms with Crippen LogP contribution >= 0.6 is 0 Å². The third kappa shape index (κ3) is 1.72. The summed E-state index contributed by atoms with van der Waals surface area (Å²) in [6, 6.07) is 0. The molecule has 2 bridgehead atoms. The summed E-state index contributed by atoms with van der Waals surface area (Å²) < 4.78 is 0. The zero-order valence-electron chi connectivity index (χ0n) is 9.89. The van der Waals surface area contributed by atoms with Gasteiger partial charge in [-0.1, -0.05) is 6.42 Å². The Bertz CT molecular complexity index is 472. The number of rotatable bonds is 2. The van der Waals surface area contributed by atoms with Gasteiger partial charge in [0.15, 0.2) is 0 Å². The first-order chi connectivity index (χ1) is 8.15. The lowest BCUT2D eigenvalue weighted by molar-refractivity contribution is 0.0695. The fraction of sp³-hybridized carbons (Fsp3) is 0.615. The number of aryl methyl sites for hydroxylation is 1. The highest BCUT2D eigenvalue weighted by Gasteiger charge is 2.41. The molecule has 3 atom stereocenters. The molecule has 0 radical (unpaired) electrons. The van der Waals surface area contributed by atoms with Crippen LogP contribution < -0.4 is 0 Å². The van der Waals surface area contributed by atoms with Crippen LogP contribution in [0.25, 0.3) is 0 Å². The Balaban J connectivity index is 1.89. The van der Waals surface area contributed by atoms with Crippen molar-refractivity contribution in [1.82, 2.24) is 9.97 Å². The summed E-state index contributed by atoms with van der Waals surface area (Å²) in [4.78, 5) is 19.6. The number of hydrogen-bond donors (Lipinski definition) is 1. The quantitative estimate of drug-likeness (QED) is 0.850. The molecule has 4 nitrogen and oxygen atoms in total. The van der Waals surface area contributed by atoms with Gasteiger partial charge >= 0.3 is 5.97 Å². The molecule has 2 aliphatic rings. The minimum atomic E-state index is -0.943. The van der Waals surface area contributed by atoms with Crippen LogP contribution in [0.15, 0.2) is 6.20 Å². The second-order valence-corrected chi connectivity index (χ2v) is 5.31. The van der Waals surface area contributed by atoms with Crippen LogP contribution in [0, 0.1) is 18.8 Å². The Hall–Kier alpha value is -1.45. The minimum absolute atomic E-state index is 0.219. The Labute approximate surface area is 100 Å². The first-order valence-corrected chi connectivity index (χ1v) is 6.22. The van der Waals surface area contributed by atoms with Crippen molar-refractivity contribution in [3.63, 3.8) is 0 Å². The van der Waals surface area contributed by atoms with Gasteiger partial charge in [-0.15, -0.1) is 0 Å². The molecule has 0 amide bonds. The summed E-state index contributed by atoms with van der Waals surface area (Å²) in [5, 5.41) is 8.95. The lowest BCUT2D eigenvalue weighted by Crippen LogP contribution is -2.14. The number of aromatic nitrogens is 2. The van der Waals surface area contributed by atoms with E-state index in [2.05, 4.69) is 9.97 Å². The van der Waals surface area contributed by atoms with Gasteiger partial charge < -0.3 is 5.11 Å². The molecule has 90 valence electrons. The van der Waals surface area contributed by atoms with E-state index in [9.17, 15) is 4.79 Å². The fourth-order valence-corrected chi connectivity index (χ4v) is 3.43. The van der Waals surface area contributed by atoms with E-state index in [1.165, 1.54) is 31.9 Å². The predicted molar refractivity (Wildman–Crippen MR) is 61.9 cm³/mol. The van der Waals surface area contributed by atoms with Crippen LogP contribution in [0.3, 0.4) is 0 Å². The van der Waals surface area contributed by atoms with E-state index in [4.69, 9.17) is 5.11 Å². The van der Waals surface area contributed by atoms with E-state index in [1.807, 2.05) is 0 Å². The van der Waals surface area contributed by atoms with Crippen molar-refractivity contribution in [2.24, 2.45) is 11.8 Å². The molecule has 1 aromatic heterocycles. The molecule has 1 aromatic rings. The van der Waals surface area contributed by atoms with Gasteiger partial charge in [-0.2, -0.15) is 0 Å². The van der Waals surface area contributed by atoms with Crippen molar-refractivity contribution in [2.45, 2.75) is 38.5 Å². The highest BCUT2D eigenvalue weighted by molar-refractivity contribution is 5.88. The molecule has 2 saturated carbocycles. The second kappa shape index (κ2) is 3.79. The van der Waals surface area contributed by atoms with Crippen LogP contribution in [-0.4, -0.2) is 21.0 Å². The molecule has 0 saturated heterocycles. The van der Waals surface area contributed by atoms with E-state index in [0.29, 0.717) is 11.6 Å². The Morgan fingerprint density at radius 1 is 1.41 bits per heavy atom. The number of carboxylic acids is 1. The molecule has 17 heavy (non-hydrogen) atoms. The fourth-order valence-electron chi connectivity index (χ4n) is 3.43. The summed E-state index contributed by atoms with van der Waals surface area (Å²) in [6.07, 6.45) is 6.61. The topological polar surface area (TPSA) is 63.1 Å². The number of carbonyl (C=O) groups is 1. The van der Waals surface area contributed by atoms with Crippen molar-refractivity contribution in [3.05, 3.63) is 23.3 Å². The summed E-state index contributed by atoms with van der Waals surface area (Å²) in [5.41, 5.74) is 0.808. The van der Waals surface area contributed by atoms with Gasteiger partial charge in [-0.25, -0.2) is 14.8 Å². The molecule has 1 N–H and O–H groups in total. The van der Waals surface area contributed by atoms with Crippen LogP contribution in [-0.2, 0) is 0 Å². The maximum absolute atomic E-state index is 10.9. The van der Waals surface area contributed by atoms with Crippen molar-refractivity contribution in [1.29, 1.82) is 0 Å². The molecule has 0 aromatic carbocycles. The Morgan fingerprint density at radius 2 is 2.24 bits per heavy atom. The molecule has 0 aliphatic heterocycles. The number of carboxylic acid groups (broad SMARTS) is 1. The third-order valence-electron chi connectivity index (χ3n) is 4.30. The first-order valence-electron chi connectivity index (χ1n) is 6.22. The third-order valence-corrected chi connectivity index (χ3v) is 4.30. The number of aromatic carboxylic acids is 1. The average Bonchev–Trinajstić information content (AvgIpc) is 2.89. The Kier molecular flexibility index (Phi) is 2.38. The van der Waals surface area contributed by atoms with Gasteiger partial charge in [0.1, 0.15) is 5.82 Å². The van der Waals surface area contributed by atoms with Crippen LogP contribution in [0.2, 0.25) is 0 Å². The van der Waals surface area contributed by atoms with Gasteiger partial charge in [0.2, 0.25) is 0 Å². The summed E-state index contributed by atoms with van der Waals surface area (Å²) >= 11 is 0. The Morgan fingerprint density at radius 3 is 2.76 bits per heavy atom. The minimum Gasteiger partial charge on any atom is -0.478 e. The molecule has 2 aliphatic carbocycles. The van der Waals surface area contributed by atoms with Crippen LogP contribution in [0.4, 0.5) is 0 Å². The molecule has 3 unspecified atom stereocenters. The number of nitrogens with zero attached hydrogens (tertiary/aromatic N) is 2. The van der Waals surface area contributed by atoms with Gasteiger partial charge in [0.05, 0.1) is 11.3 Å². The zero-order valence-corrected chi connectivity index (χ0v) is 9.89. The molecular weight excluding hydrogens is 216 g/mol. The van der Waals surface area contributed by atoms with E-state index in [1.54, 1.807) is 6.92 Å².